The second-order valence-corrected chi connectivity index (χ2v) is 5.85. The average Bonchev–Trinajstić information content (AvgIpc) is 2.80. The summed E-state index contributed by atoms with van der Waals surface area (Å²) in [4.78, 5) is 25.0. The topological polar surface area (TPSA) is 89.9 Å². The number of carboxylic acid groups (broad SMARTS) is 1. The molecule has 0 bridgehead atoms. The molecule has 2 rings (SSSR count). The van der Waals surface area contributed by atoms with Gasteiger partial charge in [-0.3, -0.25) is 4.79 Å². The van der Waals surface area contributed by atoms with Gasteiger partial charge in [-0.25, -0.2) is 4.79 Å². The van der Waals surface area contributed by atoms with E-state index in [2.05, 4.69) is 5.32 Å². The van der Waals surface area contributed by atoms with Crippen LogP contribution in [-0.2, 0) is 4.79 Å². The molecule has 114 valence electrons. The minimum Gasteiger partial charge on any atom is -0.481 e. The molecule has 0 aromatic rings. The third-order valence-electron chi connectivity index (χ3n) is 4.44. The Bertz CT molecular complexity index is 357. The number of nitrogens with zero attached hydrogens (tertiary/aromatic N) is 1. The van der Waals surface area contributed by atoms with Gasteiger partial charge in [0.1, 0.15) is 0 Å². The number of hydrogen-bond donors (Lipinski definition) is 3. The van der Waals surface area contributed by atoms with Crippen LogP contribution in [0.1, 0.15) is 44.9 Å². The zero-order valence-corrected chi connectivity index (χ0v) is 11.8. The van der Waals surface area contributed by atoms with Gasteiger partial charge < -0.3 is 20.4 Å². The van der Waals surface area contributed by atoms with Crippen LogP contribution < -0.4 is 5.32 Å². The van der Waals surface area contributed by atoms with Crippen molar-refractivity contribution in [2.45, 2.75) is 57.0 Å². The second-order valence-electron chi connectivity index (χ2n) is 5.85. The molecule has 0 aromatic carbocycles. The van der Waals surface area contributed by atoms with Gasteiger partial charge in [-0.05, 0) is 44.9 Å². The van der Waals surface area contributed by atoms with Gasteiger partial charge in [-0.15, -0.1) is 0 Å². The number of carbonyl (C=O) groups is 2. The van der Waals surface area contributed by atoms with Gasteiger partial charge >= 0.3 is 12.0 Å². The van der Waals surface area contributed by atoms with Crippen molar-refractivity contribution in [3.8, 4) is 0 Å². The van der Waals surface area contributed by atoms with Crippen LogP contribution in [0.2, 0.25) is 0 Å². The quantitative estimate of drug-likeness (QED) is 0.683. The SMILES string of the molecule is O=C(O)C1CCC(NC(=O)N(CCCO)C2CCC2)C1. The molecule has 0 heterocycles. The zero-order valence-electron chi connectivity index (χ0n) is 11.8. The van der Waals surface area contributed by atoms with Crippen molar-refractivity contribution in [2.75, 3.05) is 13.2 Å². The first-order valence-corrected chi connectivity index (χ1v) is 7.52. The Balaban J connectivity index is 1.83. The molecule has 0 aliphatic heterocycles. The highest BCUT2D eigenvalue weighted by Crippen LogP contribution is 2.28. The highest BCUT2D eigenvalue weighted by molar-refractivity contribution is 5.75. The van der Waals surface area contributed by atoms with Crippen LogP contribution in [0.3, 0.4) is 0 Å². The molecule has 0 saturated heterocycles. The van der Waals surface area contributed by atoms with Crippen molar-refractivity contribution in [3.63, 3.8) is 0 Å². The normalized spacial score (nSPS) is 26.1. The van der Waals surface area contributed by atoms with E-state index in [-0.39, 0.29) is 24.6 Å². The van der Waals surface area contributed by atoms with Crippen molar-refractivity contribution < 1.29 is 19.8 Å². The number of carboxylic acids is 1. The zero-order chi connectivity index (χ0) is 14.5. The molecule has 2 saturated carbocycles. The second kappa shape index (κ2) is 6.92. The first-order valence-electron chi connectivity index (χ1n) is 7.52. The summed E-state index contributed by atoms with van der Waals surface area (Å²) in [6, 6.07) is 0.165. The summed E-state index contributed by atoms with van der Waals surface area (Å²) in [7, 11) is 0. The Morgan fingerprint density at radius 3 is 2.45 bits per heavy atom. The minimum atomic E-state index is -0.766. The lowest BCUT2D eigenvalue weighted by Gasteiger charge is -2.38. The molecule has 6 nitrogen and oxygen atoms in total. The van der Waals surface area contributed by atoms with Crippen molar-refractivity contribution in [2.24, 2.45) is 5.92 Å². The molecule has 2 fully saturated rings. The number of carbonyl (C=O) groups excluding carboxylic acids is 1. The Morgan fingerprint density at radius 2 is 1.95 bits per heavy atom. The van der Waals surface area contributed by atoms with E-state index in [1.807, 2.05) is 4.90 Å². The summed E-state index contributed by atoms with van der Waals surface area (Å²) < 4.78 is 0. The van der Waals surface area contributed by atoms with E-state index < -0.39 is 5.97 Å². The third-order valence-corrected chi connectivity index (χ3v) is 4.44. The van der Waals surface area contributed by atoms with E-state index in [1.54, 1.807) is 0 Å². The number of aliphatic hydroxyl groups is 1. The number of rotatable bonds is 6. The third kappa shape index (κ3) is 3.62. The van der Waals surface area contributed by atoms with E-state index >= 15 is 0 Å². The van der Waals surface area contributed by atoms with Crippen LogP contribution >= 0.6 is 0 Å². The minimum absolute atomic E-state index is 0.0275. The highest BCUT2D eigenvalue weighted by atomic mass is 16.4. The standard InChI is InChI=1S/C14H24N2O4/c17-8-2-7-16(12-3-1-4-12)14(20)15-11-6-5-10(9-11)13(18)19/h10-12,17H,1-9H2,(H,15,20)(H,18,19). The number of aliphatic hydroxyl groups excluding tert-OH is 1. The molecular formula is C14H24N2O4. The molecule has 0 radical (unpaired) electrons. The van der Waals surface area contributed by atoms with Crippen LogP contribution in [0.25, 0.3) is 0 Å². The van der Waals surface area contributed by atoms with Crippen LogP contribution in [-0.4, -0.2) is 52.3 Å². The lowest BCUT2D eigenvalue weighted by molar-refractivity contribution is -0.141. The monoisotopic (exact) mass is 284 g/mol. The first-order chi connectivity index (χ1) is 9.61. The molecular weight excluding hydrogens is 260 g/mol. The van der Waals surface area contributed by atoms with Gasteiger partial charge in [0, 0.05) is 25.2 Å². The molecule has 6 heteroatoms. The molecule has 20 heavy (non-hydrogen) atoms. The molecule has 2 aliphatic rings. The Kier molecular flexibility index (Phi) is 5.23. The summed E-state index contributed by atoms with van der Waals surface area (Å²) in [6.07, 6.45) is 5.70. The fraction of sp³-hybridized carbons (Fsp3) is 0.857. The summed E-state index contributed by atoms with van der Waals surface area (Å²) in [5.41, 5.74) is 0. The maximum absolute atomic E-state index is 12.3. The van der Waals surface area contributed by atoms with E-state index in [4.69, 9.17) is 10.2 Å². The molecule has 2 unspecified atom stereocenters. The summed E-state index contributed by atoms with van der Waals surface area (Å²) in [5, 5.41) is 20.9. The fourth-order valence-electron chi connectivity index (χ4n) is 2.98. The van der Waals surface area contributed by atoms with Crippen molar-refractivity contribution in [1.82, 2.24) is 10.2 Å². The lowest BCUT2D eigenvalue weighted by Crippen LogP contribution is -2.51. The summed E-state index contributed by atoms with van der Waals surface area (Å²) in [5.74, 6) is -1.09. The van der Waals surface area contributed by atoms with Gasteiger partial charge in [0.15, 0.2) is 0 Å². The fourth-order valence-corrected chi connectivity index (χ4v) is 2.98. The number of nitrogens with one attached hydrogen (secondary N) is 1. The number of amides is 2. The molecule has 3 N–H and O–H groups in total. The lowest BCUT2D eigenvalue weighted by atomic mass is 9.91. The first kappa shape index (κ1) is 15.1. The van der Waals surface area contributed by atoms with E-state index in [0.29, 0.717) is 31.8 Å². The molecule has 2 atom stereocenters. The van der Waals surface area contributed by atoms with Gasteiger partial charge in [0.25, 0.3) is 0 Å². The van der Waals surface area contributed by atoms with E-state index in [9.17, 15) is 9.59 Å². The molecule has 0 spiro atoms. The smallest absolute Gasteiger partial charge is 0.317 e. The van der Waals surface area contributed by atoms with Crippen molar-refractivity contribution in [3.05, 3.63) is 0 Å². The van der Waals surface area contributed by atoms with Crippen molar-refractivity contribution in [1.29, 1.82) is 0 Å². The largest absolute Gasteiger partial charge is 0.481 e. The molecule has 2 amide bonds. The van der Waals surface area contributed by atoms with Gasteiger partial charge in [-0.2, -0.15) is 0 Å². The Hall–Kier alpha value is -1.30. The Labute approximate surface area is 119 Å². The molecule has 0 aromatic heterocycles. The van der Waals surface area contributed by atoms with Crippen LogP contribution in [0.4, 0.5) is 4.79 Å². The Morgan fingerprint density at radius 1 is 1.20 bits per heavy atom. The van der Waals surface area contributed by atoms with Gasteiger partial charge in [-0.1, -0.05) is 0 Å². The molecule has 2 aliphatic carbocycles. The highest BCUT2D eigenvalue weighted by Gasteiger charge is 2.33. The average molecular weight is 284 g/mol. The maximum atomic E-state index is 12.3. The van der Waals surface area contributed by atoms with E-state index in [1.165, 1.54) is 0 Å². The predicted molar refractivity (Wildman–Crippen MR) is 73.3 cm³/mol. The van der Waals surface area contributed by atoms with Crippen LogP contribution in [0.5, 0.6) is 0 Å². The van der Waals surface area contributed by atoms with Crippen molar-refractivity contribution >= 4 is 12.0 Å². The van der Waals surface area contributed by atoms with Crippen LogP contribution in [0.15, 0.2) is 0 Å². The van der Waals surface area contributed by atoms with Gasteiger partial charge in [0.2, 0.25) is 0 Å². The summed E-state index contributed by atoms with van der Waals surface area (Å²) >= 11 is 0. The number of aliphatic carboxylic acids is 1. The number of urea groups is 1. The van der Waals surface area contributed by atoms with Crippen LogP contribution in [0, 0.1) is 5.92 Å². The maximum Gasteiger partial charge on any atom is 0.317 e. The predicted octanol–water partition coefficient (Wildman–Crippen LogP) is 1.19. The van der Waals surface area contributed by atoms with Gasteiger partial charge in [0.05, 0.1) is 5.92 Å². The van der Waals surface area contributed by atoms with E-state index in [0.717, 1.165) is 25.7 Å². The number of hydrogen-bond acceptors (Lipinski definition) is 3. The summed E-state index contributed by atoms with van der Waals surface area (Å²) in [6.45, 7) is 0.656.